The molecular weight excluding hydrogens is 485 g/mol. The lowest BCUT2D eigenvalue weighted by Gasteiger charge is -2.37. The Morgan fingerprint density at radius 3 is 2.61 bits per heavy atom. The summed E-state index contributed by atoms with van der Waals surface area (Å²) in [6.07, 6.45) is 1.32. The van der Waals surface area contributed by atoms with Crippen molar-refractivity contribution in [2.45, 2.75) is 13.5 Å². The number of fused-ring (bicyclic) bond motifs is 1. The van der Waals surface area contributed by atoms with Crippen LogP contribution in [0.5, 0.6) is 5.75 Å². The van der Waals surface area contributed by atoms with Crippen molar-refractivity contribution in [3.05, 3.63) is 69.8 Å². The quantitative estimate of drug-likeness (QED) is 0.521. The van der Waals surface area contributed by atoms with E-state index in [1.165, 1.54) is 6.20 Å². The molecule has 2 aromatic carbocycles. The minimum Gasteiger partial charge on any atom is -0.507 e. The Labute approximate surface area is 211 Å². The smallest absolute Gasteiger partial charge is 0.341 e. The molecule has 1 saturated heterocycles. The maximum Gasteiger partial charge on any atom is 0.341 e. The van der Waals surface area contributed by atoms with E-state index in [2.05, 4.69) is 10.0 Å². The summed E-state index contributed by atoms with van der Waals surface area (Å²) in [5.41, 5.74) is 0.612. The number of aromatic carboxylic acids is 1. The van der Waals surface area contributed by atoms with Crippen LogP contribution in [0.15, 0.2) is 52.5 Å². The Kier molecular flexibility index (Phi) is 6.59. The van der Waals surface area contributed by atoms with Gasteiger partial charge in [-0.25, -0.2) is 9.18 Å². The number of carboxylic acids is 1. The maximum atomic E-state index is 15.1. The third-order valence-electron chi connectivity index (χ3n) is 6.51. The third-order valence-corrected chi connectivity index (χ3v) is 7.52. The largest absolute Gasteiger partial charge is 0.507 e. The molecule has 9 nitrogen and oxygen atoms in total. The van der Waals surface area contributed by atoms with Crippen molar-refractivity contribution in [3.63, 3.8) is 0 Å². The number of phenolic OH excluding ortho intramolecular Hbond substituents is 1. The number of hydrazone groups is 1. The molecule has 1 aromatic heterocycles. The summed E-state index contributed by atoms with van der Waals surface area (Å²) in [7, 11) is 0. The molecule has 36 heavy (non-hydrogen) atoms. The Morgan fingerprint density at radius 2 is 1.92 bits per heavy atom. The van der Waals surface area contributed by atoms with Crippen molar-refractivity contribution in [3.8, 4) is 5.75 Å². The number of nitrogens with zero attached hydrogens (tertiary/aromatic N) is 5. The average Bonchev–Trinajstić information content (AvgIpc) is 3.33. The van der Waals surface area contributed by atoms with Crippen LogP contribution < -0.4 is 10.3 Å². The van der Waals surface area contributed by atoms with Gasteiger partial charge in [0, 0.05) is 44.3 Å². The van der Waals surface area contributed by atoms with Gasteiger partial charge in [-0.15, -0.1) is 0 Å². The minimum absolute atomic E-state index is 0.0706. The summed E-state index contributed by atoms with van der Waals surface area (Å²) in [5, 5.41) is 26.9. The van der Waals surface area contributed by atoms with Crippen molar-refractivity contribution >= 4 is 39.4 Å². The molecule has 2 aliphatic rings. The second-order valence-corrected chi connectivity index (χ2v) is 9.67. The summed E-state index contributed by atoms with van der Waals surface area (Å²) in [6.45, 7) is 5.54. The molecule has 2 N–H and O–H groups in total. The number of hydrogen-bond acceptors (Lipinski definition) is 8. The fraction of sp³-hybridized carbons (Fsp3) is 0.320. The number of phenols is 1. The number of para-hydroxylation sites is 1. The van der Waals surface area contributed by atoms with E-state index in [-0.39, 0.29) is 16.7 Å². The number of benzene rings is 2. The van der Waals surface area contributed by atoms with Crippen molar-refractivity contribution in [1.29, 1.82) is 0 Å². The van der Waals surface area contributed by atoms with Crippen LogP contribution in [-0.2, 0) is 6.54 Å². The van der Waals surface area contributed by atoms with E-state index in [9.17, 15) is 19.8 Å². The van der Waals surface area contributed by atoms with Crippen LogP contribution in [0.4, 0.5) is 10.1 Å². The van der Waals surface area contributed by atoms with E-state index < -0.39 is 17.2 Å². The highest BCUT2D eigenvalue weighted by Gasteiger charge is 2.25. The van der Waals surface area contributed by atoms with Crippen molar-refractivity contribution in [1.82, 2.24) is 14.5 Å². The molecule has 0 radical (unpaired) electrons. The molecular formula is C25H26FN5O4S. The molecule has 0 saturated carbocycles. The van der Waals surface area contributed by atoms with E-state index in [4.69, 9.17) is 0 Å². The molecule has 0 bridgehead atoms. The number of pyridine rings is 1. The van der Waals surface area contributed by atoms with Crippen molar-refractivity contribution in [2.24, 2.45) is 5.10 Å². The number of aryl methyl sites for hydroxylation is 1. The highest BCUT2D eigenvalue weighted by molar-refractivity contribution is 8.14. The second kappa shape index (κ2) is 9.82. The van der Waals surface area contributed by atoms with Crippen LogP contribution >= 0.6 is 11.8 Å². The number of halogens is 1. The zero-order valence-electron chi connectivity index (χ0n) is 19.7. The summed E-state index contributed by atoms with van der Waals surface area (Å²) < 4.78 is 16.8. The molecule has 5 rings (SSSR count). The fourth-order valence-electron chi connectivity index (χ4n) is 4.60. The SMILES string of the molecule is CCn1cc(C(=O)O)c(=O)c2cc(F)c(N3CCN(CN4CSC(c5ccccc5O)=N4)CC3)cc21. The number of anilines is 1. The van der Waals surface area contributed by atoms with E-state index in [1.807, 2.05) is 29.0 Å². The lowest BCUT2D eigenvalue weighted by Crippen LogP contribution is -2.49. The molecule has 0 spiro atoms. The van der Waals surface area contributed by atoms with Gasteiger partial charge in [0.15, 0.2) is 0 Å². The normalized spacial score (nSPS) is 16.6. The molecule has 3 aromatic rings. The van der Waals surface area contributed by atoms with Crippen LogP contribution in [0.3, 0.4) is 0 Å². The summed E-state index contributed by atoms with van der Waals surface area (Å²) in [5.74, 6) is -0.954. The molecule has 1 fully saturated rings. The zero-order chi connectivity index (χ0) is 25.4. The first-order valence-corrected chi connectivity index (χ1v) is 12.7. The lowest BCUT2D eigenvalue weighted by molar-refractivity contribution is 0.0695. The number of carboxylic acid groups (broad SMARTS) is 1. The number of rotatable bonds is 6. The average molecular weight is 512 g/mol. The first-order chi connectivity index (χ1) is 17.4. The fourth-order valence-corrected chi connectivity index (χ4v) is 5.51. The molecule has 3 heterocycles. The molecule has 0 amide bonds. The highest BCUT2D eigenvalue weighted by Crippen LogP contribution is 2.29. The highest BCUT2D eigenvalue weighted by atomic mass is 32.2. The number of aromatic hydroxyl groups is 1. The van der Waals surface area contributed by atoms with Gasteiger partial charge in [-0.05, 0) is 31.2 Å². The predicted octanol–water partition coefficient (Wildman–Crippen LogP) is 3.01. The lowest BCUT2D eigenvalue weighted by atomic mass is 10.1. The van der Waals surface area contributed by atoms with E-state index in [0.29, 0.717) is 56.5 Å². The Bertz CT molecular complexity index is 1420. The summed E-state index contributed by atoms with van der Waals surface area (Å²) in [6, 6.07) is 9.96. The standard InChI is InChI=1S/C25H26FN5O4S/c1-2-29-13-18(25(34)35)23(33)17-11-19(26)21(12-20(17)29)30-9-7-28(8-10-30)14-31-15-36-24(27-31)16-5-3-4-6-22(16)32/h3-6,11-13,32H,2,7-10,14-15H2,1H3,(H,34,35). The van der Waals surface area contributed by atoms with Crippen LogP contribution in [0.25, 0.3) is 10.9 Å². The Balaban J connectivity index is 1.30. The number of piperazine rings is 1. The number of carbonyl (C=O) groups is 1. The van der Waals surface area contributed by atoms with Gasteiger partial charge >= 0.3 is 5.97 Å². The van der Waals surface area contributed by atoms with Gasteiger partial charge in [0.05, 0.1) is 29.3 Å². The van der Waals surface area contributed by atoms with Gasteiger partial charge in [0.2, 0.25) is 5.43 Å². The predicted molar refractivity (Wildman–Crippen MR) is 138 cm³/mol. The molecule has 2 aliphatic heterocycles. The third kappa shape index (κ3) is 4.51. The van der Waals surface area contributed by atoms with Crippen LogP contribution in [0.2, 0.25) is 0 Å². The Morgan fingerprint density at radius 1 is 1.17 bits per heavy atom. The van der Waals surface area contributed by atoms with Crippen LogP contribution in [0.1, 0.15) is 22.8 Å². The Hall–Kier alpha value is -3.57. The zero-order valence-corrected chi connectivity index (χ0v) is 20.5. The molecule has 0 aliphatic carbocycles. The van der Waals surface area contributed by atoms with Gasteiger partial charge in [0.1, 0.15) is 22.2 Å². The first kappa shape index (κ1) is 24.1. The molecule has 188 valence electrons. The molecule has 0 atom stereocenters. The molecule has 0 unspecified atom stereocenters. The first-order valence-electron chi connectivity index (χ1n) is 11.7. The van der Waals surface area contributed by atoms with Gasteiger partial charge in [0.25, 0.3) is 0 Å². The van der Waals surface area contributed by atoms with Gasteiger partial charge in [-0.1, -0.05) is 23.9 Å². The van der Waals surface area contributed by atoms with E-state index in [1.54, 1.807) is 34.5 Å². The van der Waals surface area contributed by atoms with Gasteiger partial charge in [-0.2, -0.15) is 5.10 Å². The number of hydrogen-bond donors (Lipinski definition) is 2. The van der Waals surface area contributed by atoms with E-state index in [0.717, 1.165) is 16.7 Å². The number of aromatic nitrogens is 1. The van der Waals surface area contributed by atoms with Gasteiger partial charge in [-0.3, -0.25) is 14.7 Å². The van der Waals surface area contributed by atoms with Gasteiger partial charge < -0.3 is 19.7 Å². The van der Waals surface area contributed by atoms with Crippen LogP contribution in [0, 0.1) is 5.82 Å². The number of thioether (sulfide) groups is 1. The van der Waals surface area contributed by atoms with Crippen molar-refractivity contribution < 1.29 is 19.4 Å². The summed E-state index contributed by atoms with van der Waals surface area (Å²) in [4.78, 5) is 28.3. The molecule has 11 heteroatoms. The topological polar surface area (TPSA) is 102 Å². The van der Waals surface area contributed by atoms with E-state index >= 15 is 4.39 Å². The minimum atomic E-state index is -1.32. The maximum absolute atomic E-state index is 15.1. The van der Waals surface area contributed by atoms with Crippen molar-refractivity contribution in [2.75, 3.05) is 43.6 Å². The monoisotopic (exact) mass is 511 g/mol. The summed E-state index contributed by atoms with van der Waals surface area (Å²) >= 11 is 1.58. The second-order valence-electron chi connectivity index (χ2n) is 8.73. The van der Waals surface area contributed by atoms with Crippen LogP contribution in [-0.4, -0.2) is 74.4 Å².